The number of halogens is 4. The standard InChI is InChI=1S/C26H19Br2NO7.C26H19I2NO7.C26H23N3O7/c3*27-16-9-14(10-17(28)25(16)33)24(32)23-15-11-18(30)21(36-26(34)13-5-2-1-3-6-13)12-20(15)35-19(23)7-4-8-22(29)31/h2*1-3,5-6,9-12,30,33H,4,7-8H2,(H2,29,31);1-3,5-6,9-12,30,33H,4,7-8,27-28H2,(H2,29,31). The van der Waals surface area contributed by atoms with Crippen LogP contribution in [0, 0.1) is 7.14 Å². The zero-order valence-corrected chi connectivity index (χ0v) is 63.6. The highest BCUT2D eigenvalue weighted by Gasteiger charge is 2.30. The number of amides is 3. The van der Waals surface area contributed by atoms with E-state index in [0.717, 1.165) is 0 Å². The van der Waals surface area contributed by atoms with Crippen molar-refractivity contribution >= 4 is 174 Å². The van der Waals surface area contributed by atoms with Crippen molar-refractivity contribution in [2.75, 3.05) is 11.5 Å². The van der Waals surface area contributed by atoms with E-state index in [1.807, 2.05) is 45.2 Å². The zero-order chi connectivity index (χ0) is 77.9. The van der Waals surface area contributed by atoms with Crippen LogP contribution in [0.1, 0.15) is 135 Å². The highest BCUT2D eigenvalue weighted by molar-refractivity contribution is 14.1. The first kappa shape index (κ1) is 78.8. The van der Waals surface area contributed by atoms with Gasteiger partial charge in [0, 0.05) is 89.6 Å². The molecule has 3 aromatic heterocycles. The summed E-state index contributed by atoms with van der Waals surface area (Å²) >= 11 is 10.3. The van der Waals surface area contributed by atoms with Crippen LogP contribution in [0.25, 0.3) is 32.9 Å². The van der Waals surface area contributed by atoms with Crippen molar-refractivity contribution in [3.05, 3.63) is 247 Å². The van der Waals surface area contributed by atoms with Crippen molar-refractivity contribution in [1.82, 2.24) is 0 Å². The number of phenols is 6. The first-order chi connectivity index (χ1) is 51.5. The molecule has 12 aromatic rings. The number of anilines is 2. The van der Waals surface area contributed by atoms with E-state index in [0.29, 0.717) is 68.6 Å². The summed E-state index contributed by atoms with van der Waals surface area (Å²) in [7, 11) is 0. The molecule has 0 unspecified atom stereocenters. The Morgan fingerprint density at radius 2 is 0.639 bits per heavy atom. The summed E-state index contributed by atoms with van der Waals surface area (Å²) in [5.41, 5.74) is 29.7. The molecule has 0 saturated carbocycles. The molecule has 0 aliphatic heterocycles. The number of primary amides is 3. The number of nitrogens with two attached hydrogens (primary N) is 5. The molecule has 0 aliphatic rings. The molecule has 16 N–H and O–H groups in total. The Balaban J connectivity index is 0.000000173. The van der Waals surface area contributed by atoms with E-state index < -0.39 is 52.9 Å². The summed E-state index contributed by atoms with van der Waals surface area (Å²) in [5.74, 6) is -5.88. The Morgan fingerprint density at radius 3 is 0.926 bits per heavy atom. The van der Waals surface area contributed by atoms with Crippen molar-refractivity contribution in [2.24, 2.45) is 17.2 Å². The van der Waals surface area contributed by atoms with Gasteiger partial charge in [0.2, 0.25) is 17.7 Å². The molecule has 0 fully saturated rings. The van der Waals surface area contributed by atoms with Crippen LogP contribution in [-0.4, -0.2) is 83.6 Å². The Bertz CT molecular complexity index is 4960. The second-order valence-corrected chi connectivity index (χ2v) is 28.0. The number of aryl methyl sites for hydroxylation is 3. The molecule has 0 spiro atoms. The third-order valence-electron chi connectivity index (χ3n) is 16.3. The smallest absolute Gasteiger partial charge is 0.343 e. The molecule has 0 radical (unpaired) electrons. The molecular formula is C78H61Br2I2N5O21. The highest BCUT2D eigenvalue weighted by Crippen LogP contribution is 2.44. The van der Waals surface area contributed by atoms with Crippen molar-refractivity contribution in [1.29, 1.82) is 0 Å². The Morgan fingerprint density at radius 1 is 0.361 bits per heavy atom. The fourth-order valence-electron chi connectivity index (χ4n) is 11.1. The van der Waals surface area contributed by atoms with E-state index in [9.17, 15) is 73.8 Å². The average Bonchev–Trinajstić information content (AvgIpc) is 1.61. The summed E-state index contributed by atoms with van der Waals surface area (Å²) in [6.07, 6.45) is 1.89. The van der Waals surface area contributed by atoms with E-state index in [2.05, 4.69) is 31.9 Å². The quantitative estimate of drug-likeness (QED) is 0.00668. The highest BCUT2D eigenvalue weighted by atomic mass is 127. The largest absolute Gasteiger partial charge is 0.506 e. The Labute approximate surface area is 655 Å². The average molecular weight is 1820 g/mol. The maximum atomic E-state index is 13.6. The van der Waals surface area contributed by atoms with Gasteiger partial charge in [0.15, 0.2) is 57.6 Å². The minimum absolute atomic E-state index is 0.0622. The monoisotopic (exact) mass is 1820 g/mol. The number of hydrogen-bond donors (Lipinski definition) is 11. The minimum Gasteiger partial charge on any atom is -0.506 e. The number of rotatable bonds is 24. The van der Waals surface area contributed by atoms with Crippen molar-refractivity contribution < 1.29 is 101 Å². The molecule has 3 amide bonds. The zero-order valence-electron chi connectivity index (χ0n) is 56.2. The summed E-state index contributed by atoms with van der Waals surface area (Å²) in [6, 6.07) is 41.2. The molecule has 552 valence electrons. The van der Waals surface area contributed by atoms with Gasteiger partial charge in [-0.1, -0.05) is 54.6 Å². The topological polar surface area (TPSA) is 472 Å². The van der Waals surface area contributed by atoms with Gasteiger partial charge < -0.3 is 86.8 Å². The van der Waals surface area contributed by atoms with Gasteiger partial charge in [0.05, 0.1) is 60.8 Å². The molecule has 0 bridgehead atoms. The second kappa shape index (κ2) is 34.7. The molecule has 9 aromatic carbocycles. The molecule has 12 rings (SSSR count). The normalized spacial score (nSPS) is 10.9. The summed E-state index contributed by atoms with van der Waals surface area (Å²) in [5, 5.41) is 62.7. The van der Waals surface area contributed by atoms with Crippen molar-refractivity contribution in [3.63, 3.8) is 0 Å². The Kier molecular flexibility index (Phi) is 25.3. The van der Waals surface area contributed by atoms with E-state index in [4.69, 9.17) is 56.1 Å². The summed E-state index contributed by atoms with van der Waals surface area (Å²) in [4.78, 5) is 112. The van der Waals surface area contributed by atoms with Crippen molar-refractivity contribution in [3.8, 4) is 51.7 Å². The van der Waals surface area contributed by atoms with Gasteiger partial charge in [-0.05, 0) is 187 Å². The molecule has 0 atom stereocenters. The van der Waals surface area contributed by atoms with Crippen LogP contribution in [-0.2, 0) is 33.6 Å². The number of nitrogen functional groups attached to an aromatic ring is 2. The number of benzene rings is 9. The SMILES string of the molecule is NC(=O)CCCc1oc2cc(OC(=O)c3ccccc3)c(O)cc2c1C(=O)c1cc(Br)c(O)c(Br)c1.NC(=O)CCCc1oc2cc(OC(=O)c3ccccc3)c(O)cc2c1C(=O)c1cc(I)c(O)c(I)c1.NC(=O)CCCc1oc2cc(OC(=O)c3ccccc3)c(O)cc2c1C(=O)c1cc(N)c(O)c(N)c1. The van der Waals surface area contributed by atoms with Crippen LogP contribution in [0.3, 0.4) is 0 Å². The van der Waals surface area contributed by atoms with Crippen molar-refractivity contribution in [2.45, 2.75) is 57.8 Å². The van der Waals surface area contributed by atoms with Crippen LogP contribution in [0.5, 0.6) is 51.7 Å². The predicted octanol–water partition coefficient (Wildman–Crippen LogP) is 14.2. The van der Waals surface area contributed by atoms with E-state index in [-0.39, 0.29) is 169 Å². The molecule has 3 heterocycles. The lowest BCUT2D eigenvalue weighted by atomic mass is 9.97. The van der Waals surface area contributed by atoms with E-state index >= 15 is 0 Å². The number of furan rings is 3. The minimum atomic E-state index is -0.690. The fraction of sp³-hybridized carbons (Fsp3) is 0.115. The molecule has 26 nitrogen and oxygen atoms in total. The number of phenolic OH excluding ortho intramolecular Hbond substituents is 6. The second-order valence-electron chi connectivity index (χ2n) is 23.9. The third kappa shape index (κ3) is 18.5. The van der Waals surface area contributed by atoms with Gasteiger partial charge in [-0.25, -0.2) is 14.4 Å². The van der Waals surface area contributed by atoms with E-state index in [1.54, 1.807) is 103 Å². The van der Waals surface area contributed by atoms with Crippen LogP contribution in [0.2, 0.25) is 0 Å². The predicted molar refractivity (Wildman–Crippen MR) is 419 cm³/mol. The van der Waals surface area contributed by atoms with Gasteiger partial charge in [0.1, 0.15) is 45.5 Å². The molecule has 0 saturated heterocycles. The van der Waals surface area contributed by atoms with Gasteiger partial charge in [0.25, 0.3) is 0 Å². The molecular weight excluding hydrogens is 1760 g/mol. The third-order valence-corrected chi connectivity index (χ3v) is 19.2. The maximum absolute atomic E-state index is 13.6. The van der Waals surface area contributed by atoms with Crippen LogP contribution in [0.4, 0.5) is 11.4 Å². The number of esters is 3. The van der Waals surface area contributed by atoms with Crippen LogP contribution in [0.15, 0.2) is 186 Å². The van der Waals surface area contributed by atoms with Gasteiger partial charge in [-0.15, -0.1) is 0 Å². The number of ketones is 3. The number of carbonyl (C=O) groups is 9. The number of carbonyl (C=O) groups excluding carboxylic acids is 9. The fourth-order valence-corrected chi connectivity index (χ4v) is 14.1. The van der Waals surface area contributed by atoms with Gasteiger partial charge >= 0.3 is 17.9 Å². The van der Waals surface area contributed by atoms with Crippen LogP contribution < -0.4 is 42.9 Å². The number of fused-ring (bicyclic) bond motifs is 3. The lowest BCUT2D eigenvalue weighted by Gasteiger charge is -2.08. The van der Waals surface area contributed by atoms with E-state index in [1.165, 1.54) is 60.7 Å². The molecule has 108 heavy (non-hydrogen) atoms. The summed E-state index contributed by atoms with van der Waals surface area (Å²) < 4.78 is 35.5. The molecule has 30 heteroatoms. The lowest BCUT2D eigenvalue weighted by Crippen LogP contribution is -2.11. The number of ether oxygens (including phenoxy) is 3. The number of aromatic hydroxyl groups is 6. The van der Waals surface area contributed by atoms with Crippen LogP contribution >= 0.6 is 77.0 Å². The molecule has 0 aliphatic carbocycles. The Hall–Kier alpha value is -11.8. The van der Waals surface area contributed by atoms with Gasteiger partial charge in [-0.2, -0.15) is 0 Å². The first-order valence-electron chi connectivity index (χ1n) is 32.4. The first-order valence-corrected chi connectivity index (χ1v) is 36.1. The number of hydrogen-bond acceptors (Lipinski definition) is 23. The maximum Gasteiger partial charge on any atom is 0.343 e. The summed E-state index contributed by atoms with van der Waals surface area (Å²) in [6.45, 7) is 0. The van der Waals surface area contributed by atoms with Gasteiger partial charge in [-0.3, -0.25) is 28.8 Å². The lowest BCUT2D eigenvalue weighted by molar-refractivity contribution is -0.118.